The van der Waals surface area contributed by atoms with Gasteiger partial charge in [0.1, 0.15) is 5.82 Å². The molecule has 1 saturated heterocycles. The van der Waals surface area contributed by atoms with Crippen molar-refractivity contribution < 1.29 is 8.91 Å². The van der Waals surface area contributed by atoms with Crippen LogP contribution in [0.2, 0.25) is 0 Å². The summed E-state index contributed by atoms with van der Waals surface area (Å²) in [5.41, 5.74) is 1.63. The van der Waals surface area contributed by atoms with Crippen LogP contribution in [0.15, 0.2) is 22.7 Å². The van der Waals surface area contributed by atoms with Gasteiger partial charge in [0.25, 0.3) is 0 Å². The van der Waals surface area contributed by atoms with Crippen LogP contribution in [0, 0.1) is 18.7 Å². The van der Waals surface area contributed by atoms with Gasteiger partial charge in [-0.25, -0.2) is 4.39 Å². The Balaban J connectivity index is 1.89. The zero-order chi connectivity index (χ0) is 13.4. The maximum atomic E-state index is 13.3. The molecule has 2 aromatic rings. The first-order valence-electron chi connectivity index (χ1n) is 6.46. The quantitative estimate of drug-likeness (QED) is 0.922. The van der Waals surface area contributed by atoms with Crippen LogP contribution in [0.25, 0.3) is 11.4 Å². The molecule has 0 saturated carbocycles. The van der Waals surface area contributed by atoms with Crippen LogP contribution < -0.4 is 5.32 Å². The Hall–Kier alpha value is -1.75. The summed E-state index contributed by atoms with van der Waals surface area (Å²) >= 11 is 0. The van der Waals surface area contributed by atoms with E-state index in [1.165, 1.54) is 12.1 Å². The topological polar surface area (TPSA) is 51.0 Å². The molecule has 1 aromatic heterocycles. The average Bonchev–Trinajstić information content (AvgIpc) is 2.79. The molecule has 5 heteroatoms. The highest BCUT2D eigenvalue weighted by Gasteiger charge is 2.29. The lowest BCUT2D eigenvalue weighted by Crippen LogP contribution is -2.44. The summed E-state index contributed by atoms with van der Waals surface area (Å²) in [6.45, 7) is 5.96. The molecule has 1 fully saturated rings. The van der Waals surface area contributed by atoms with Crippen LogP contribution in [0.5, 0.6) is 0 Å². The molecule has 1 aliphatic rings. The lowest BCUT2D eigenvalue weighted by molar-refractivity contribution is 0.252. The third-order valence-electron chi connectivity index (χ3n) is 3.79. The van der Waals surface area contributed by atoms with Gasteiger partial charge in [0.05, 0.1) is 0 Å². The lowest BCUT2D eigenvalue weighted by atomic mass is 9.89. The molecular formula is C14H16FN3O. The summed E-state index contributed by atoms with van der Waals surface area (Å²) in [4.78, 5) is 4.41. The summed E-state index contributed by atoms with van der Waals surface area (Å²) in [7, 11) is 0. The van der Waals surface area contributed by atoms with E-state index in [0.717, 1.165) is 18.7 Å². The number of hydrogen-bond acceptors (Lipinski definition) is 4. The van der Waals surface area contributed by atoms with E-state index < -0.39 is 0 Å². The van der Waals surface area contributed by atoms with E-state index >= 15 is 0 Å². The van der Waals surface area contributed by atoms with Crippen LogP contribution in [0.1, 0.15) is 24.3 Å². The van der Waals surface area contributed by atoms with Crippen LogP contribution in [0.3, 0.4) is 0 Å². The van der Waals surface area contributed by atoms with Gasteiger partial charge in [0.15, 0.2) is 0 Å². The van der Waals surface area contributed by atoms with Crippen LogP contribution >= 0.6 is 0 Å². The van der Waals surface area contributed by atoms with Gasteiger partial charge >= 0.3 is 0 Å². The van der Waals surface area contributed by atoms with E-state index in [9.17, 15) is 4.39 Å². The largest absolute Gasteiger partial charge is 0.339 e. The number of nitrogens with zero attached hydrogens (tertiary/aromatic N) is 2. The van der Waals surface area contributed by atoms with E-state index in [1.54, 1.807) is 6.07 Å². The molecular weight excluding hydrogens is 245 g/mol. The number of aromatic nitrogens is 2. The molecule has 0 radical (unpaired) electrons. The second kappa shape index (κ2) is 4.74. The first-order valence-corrected chi connectivity index (χ1v) is 6.46. The zero-order valence-corrected chi connectivity index (χ0v) is 11.0. The highest BCUT2D eigenvalue weighted by Crippen LogP contribution is 2.28. The number of hydrogen-bond donors (Lipinski definition) is 1. The van der Waals surface area contributed by atoms with Gasteiger partial charge in [-0.05, 0) is 43.6 Å². The second-order valence-electron chi connectivity index (χ2n) is 5.12. The van der Waals surface area contributed by atoms with Gasteiger partial charge < -0.3 is 9.84 Å². The molecule has 3 rings (SSSR count). The number of benzene rings is 1. The smallest absolute Gasteiger partial charge is 0.230 e. The Morgan fingerprint density at radius 1 is 1.42 bits per heavy atom. The molecule has 1 atom stereocenters. The third-order valence-corrected chi connectivity index (χ3v) is 3.79. The van der Waals surface area contributed by atoms with Crippen LogP contribution in [-0.4, -0.2) is 23.2 Å². The van der Waals surface area contributed by atoms with Crippen molar-refractivity contribution in [1.29, 1.82) is 0 Å². The predicted octanol–water partition coefficient (Wildman–Crippen LogP) is 2.51. The molecule has 0 aliphatic carbocycles. The van der Waals surface area contributed by atoms with Gasteiger partial charge in [0.2, 0.25) is 11.7 Å². The molecule has 1 N–H and O–H groups in total. The normalized spacial score (nSPS) is 17.2. The van der Waals surface area contributed by atoms with E-state index in [4.69, 9.17) is 4.52 Å². The van der Waals surface area contributed by atoms with Crippen LogP contribution in [0.4, 0.5) is 4.39 Å². The van der Waals surface area contributed by atoms with Crippen LogP contribution in [-0.2, 0) is 0 Å². The summed E-state index contributed by atoms with van der Waals surface area (Å²) < 4.78 is 18.6. The third kappa shape index (κ3) is 2.26. The standard InChI is InChI=1S/C14H16FN3O/c1-8-3-4-11(15)5-12(8)13-17-14(19-18-13)9(2)10-6-16-7-10/h3-5,9-10,16H,6-7H2,1-2H3. The van der Waals surface area contributed by atoms with Crippen molar-refractivity contribution in [3.05, 3.63) is 35.5 Å². The second-order valence-corrected chi connectivity index (χ2v) is 5.12. The van der Waals surface area contributed by atoms with E-state index in [0.29, 0.717) is 23.2 Å². The van der Waals surface area contributed by atoms with Crippen molar-refractivity contribution in [3.63, 3.8) is 0 Å². The molecule has 19 heavy (non-hydrogen) atoms. The molecule has 4 nitrogen and oxygen atoms in total. The fourth-order valence-electron chi connectivity index (χ4n) is 2.23. The van der Waals surface area contributed by atoms with Crippen molar-refractivity contribution >= 4 is 0 Å². The lowest BCUT2D eigenvalue weighted by Gasteiger charge is -2.30. The SMILES string of the molecule is Cc1ccc(F)cc1-c1noc(C(C)C2CNC2)n1. The molecule has 0 bridgehead atoms. The molecule has 1 aliphatic heterocycles. The number of rotatable bonds is 3. The highest BCUT2D eigenvalue weighted by atomic mass is 19.1. The minimum Gasteiger partial charge on any atom is -0.339 e. The molecule has 0 spiro atoms. The van der Waals surface area contributed by atoms with E-state index in [-0.39, 0.29) is 11.7 Å². The van der Waals surface area contributed by atoms with E-state index in [2.05, 4.69) is 22.4 Å². The van der Waals surface area contributed by atoms with Gasteiger partial charge in [-0.2, -0.15) is 4.98 Å². The molecule has 1 aromatic carbocycles. The minimum absolute atomic E-state index is 0.233. The maximum absolute atomic E-state index is 13.3. The van der Waals surface area contributed by atoms with Crippen molar-refractivity contribution in [2.75, 3.05) is 13.1 Å². The Morgan fingerprint density at radius 2 is 2.21 bits per heavy atom. The average molecular weight is 261 g/mol. The fraction of sp³-hybridized carbons (Fsp3) is 0.429. The number of halogens is 1. The summed E-state index contributed by atoms with van der Waals surface area (Å²) in [6.07, 6.45) is 0. The monoisotopic (exact) mass is 261 g/mol. The summed E-state index contributed by atoms with van der Waals surface area (Å²) in [5, 5.41) is 7.20. The molecule has 0 amide bonds. The van der Waals surface area contributed by atoms with Gasteiger partial charge in [-0.1, -0.05) is 18.1 Å². The summed E-state index contributed by atoms with van der Waals surface area (Å²) in [5.74, 6) is 1.58. The Labute approximate surface area is 111 Å². The van der Waals surface area contributed by atoms with E-state index in [1.807, 2.05) is 6.92 Å². The minimum atomic E-state index is -0.289. The predicted molar refractivity (Wildman–Crippen MR) is 69.2 cm³/mol. The number of aryl methyl sites for hydroxylation is 1. The molecule has 100 valence electrons. The Kier molecular flexibility index (Phi) is 3.06. The van der Waals surface area contributed by atoms with Crippen molar-refractivity contribution in [3.8, 4) is 11.4 Å². The number of nitrogens with one attached hydrogen (secondary N) is 1. The highest BCUT2D eigenvalue weighted by molar-refractivity contribution is 5.59. The first-order chi connectivity index (χ1) is 9.15. The maximum Gasteiger partial charge on any atom is 0.230 e. The molecule has 2 heterocycles. The van der Waals surface area contributed by atoms with Gasteiger partial charge in [0, 0.05) is 11.5 Å². The van der Waals surface area contributed by atoms with Gasteiger partial charge in [-0.3, -0.25) is 0 Å². The Morgan fingerprint density at radius 3 is 2.89 bits per heavy atom. The van der Waals surface area contributed by atoms with Gasteiger partial charge in [-0.15, -0.1) is 0 Å². The fourth-order valence-corrected chi connectivity index (χ4v) is 2.23. The first kappa shape index (κ1) is 12.3. The van der Waals surface area contributed by atoms with Crippen molar-refractivity contribution in [1.82, 2.24) is 15.5 Å². The Bertz CT molecular complexity index is 592. The summed E-state index contributed by atoms with van der Waals surface area (Å²) in [6, 6.07) is 4.60. The zero-order valence-electron chi connectivity index (χ0n) is 11.0. The van der Waals surface area contributed by atoms with Crippen molar-refractivity contribution in [2.45, 2.75) is 19.8 Å². The van der Waals surface area contributed by atoms with Crippen molar-refractivity contribution in [2.24, 2.45) is 5.92 Å². The molecule has 1 unspecified atom stereocenters.